The van der Waals surface area contributed by atoms with E-state index in [2.05, 4.69) is 14.6 Å². The highest BCUT2D eigenvalue weighted by Gasteiger charge is 2.29. The molecular weight excluding hydrogens is 432 g/mol. The van der Waals surface area contributed by atoms with Crippen LogP contribution in [0.15, 0.2) is 29.4 Å². The second kappa shape index (κ2) is 11.2. The van der Waals surface area contributed by atoms with Crippen LogP contribution in [0, 0.1) is 5.92 Å². The Bertz CT molecular complexity index is 884. The molecule has 1 aliphatic carbocycles. The summed E-state index contributed by atoms with van der Waals surface area (Å²) >= 11 is 1.92. The van der Waals surface area contributed by atoms with Crippen LogP contribution in [0.4, 0.5) is 0 Å². The second-order valence-electron chi connectivity index (χ2n) is 10.1. The number of hydrogen-bond donors (Lipinski definition) is 1. The fraction of sp³-hybridized carbons (Fsp3) is 0.692. The summed E-state index contributed by atoms with van der Waals surface area (Å²) in [5.41, 5.74) is 1.01. The van der Waals surface area contributed by atoms with Crippen molar-refractivity contribution in [3.63, 3.8) is 0 Å². The third-order valence-electron chi connectivity index (χ3n) is 7.67. The van der Waals surface area contributed by atoms with Gasteiger partial charge in [0.05, 0.1) is 12.6 Å². The molecule has 1 N–H and O–H groups in total. The lowest BCUT2D eigenvalue weighted by atomic mass is 9.91. The van der Waals surface area contributed by atoms with Gasteiger partial charge in [0, 0.05) is 30.4 Å². The van der Waals surface area contributed by atoms with E-state index in [0.717, 1.165) is 75.1 Å². The molecule has 0 radical (unpaired) electrons. The molecule has 1 aromatic carbocycles. The Kier molecular flexibility index (Phi) is 7.89. The second-order valence-corrected chi connectivity index (χ2v) is 11.1. The van der Waals surface area contributed by atoms with Crippen LogP contribution in [0.3, 0.4) is 0 Å². The summed E-state index contributed by atoms with van der Waals surface area (Å²) < 4.78 is 8.40. The molecule has 5 rings (SSSR count). The summed E-state index contributed by atoms with van der Waals surface area (Å²) in [4.78, 5) is 2.45. The molecule has 7 heteroatoms. The predicted octanol–water partition coefficient (Wildman–Crippen LogP) is 5.21. The smallest absolute Gasteiger partial charge is 0.191 e. The zero-order valence-corrected chi connectivity index (χ0v) is 20.5. The number of benzene rings is 1. The summed E-state index contributed by atoms with van der Waals surface area (Å²) in [6.07, 6.45) is 11.7. The molecule has 1 atom stereocenters. The Balaban J connectivity index is 1.24. The molecule has 180 valence electrons. The van der Waals surface area contributed by atoms with Gasteiger partial charge in [0.15, 0.2) is 5.16 Å². The van der Waals surface area contributed by atoms with Crippen molar-refractivity contribution < 1.29 is 9.84 Å². The topological polar surface area (TPSA) is 63.4 Å². The van der Waals surface area contributed by atoms with Crippen LogP contribution in [0.1, 0.15) is 75.1 Å². The molecule has 2 aliphatic heterocycles. The third-order valence-corrected chi connectivity index (χ3v) is 8.87. The number of likely N-dealkylation sites (tertiary alicyclic amines) is 1. The number of thioether (sulfide) groups is 1. The van der Waals surface area contributed by atoms with Gasteiger partial charge in [0.2, 0.25) is 0 Å². The average molecular weight is 471 g/mol. The monoisotopic (exact) mass is 470 g/mol. The van der Waals surface area contributed by atoms with Crippen LogP contribution in [0.5, 0.6) is 5.75 Å². The fourth-order valence-corrected chi connectivity index (χ4v) is 6.79. The minimum atomic E-state index is 0.301. The number of piperidine rings is 1. The molecule has 6 nitrogen and oxygen atoms in total. The van der Waals surface area contributed by atoms with Gasteiger partial charge in [-0.3, -0.25) is 4.90 Å². The van der Waals surface area contributed by atoms with Gasteiger partial charge >= 0.3 is 0 Å². The van der Waals surface area contributed by atoms with Crippen LogP contribution in [-0.2, 0) is 17.8 Å². The van der Waals surface area contributed by atoms with E-state index in [1.54, 1.807) is 6.07 Å². The molecule has 3 aliphatic rings. The maximum atomic E-state index is 10.1. The van der Waals surface area contributed by atoms with E-state index < -0.39 is 0 Å². The fourth-order valence-electron chi connectivity index (χ4n) is 5.65. The summed E-state index contributed by atoms with van der Waals surface area (Å²) in [5, 5.41) is 20.7. The van der Waals surface area contributed by atoms with Crippen LogP contribution in [0.25, 0.3) is 0 Å². The lowest BCUT2D eigenvalue weighted by Gasteiger charge is -2.32. The molecule has 1 saturated carbocycles. The number of phenolic OH excluding ortho intramolecular Hbond substituents is 1. The number of rotatable bonds is 8. The number of nitrogens with zero attached hydrogens (tertiary/aromatic N) is 4. The number of aromatic nitrogens is 3. The Hall–Kier alpha value is -1.57. The van der Waals surface area contributed by atoms with Crippen molar-refractivity contribution in [1.29, 1.82) is 0 Å². The van der Waals surface area contributed by atoms with Crippen LogP contribution in [-0.4, -0.2) is 56.3 Å². The number of phenols is 1. The van der Waals surface area contributed by atoms with Crippen molar-refractivity contribution in [2.75, 3.05) is 25.4 Å². The molecular formula is C26H38N4O2S. The van der Waals surface area contributed by atoms with Gasteiger partial charge in [-0.15, -0.1) is 10.2 Å². The molecule has 33 heavy (non-hydrogen) atoms. The van der Waals surface area contributed by atoms with E-state index in [1.165, 1.54) is 43.7 Å². The molecule has 2 aromatic rings. The molecule has 0 bridgehead atoms. The lowest BCUT2D eigenvalue weighted by molar-refractivity contribution is 0.0931. The summed E-state index contributed by atoms with van der Waals surface area (Å²) in [7, 11) is 0. The van der Waals surface area contributed by atoms with Crippen LogP contribution >= 0.6 is 11.8 Å². The molecule has 0 spiro atoms. The highest BCUT2D eigenvalue weighted by molar-refractivity contribution is 7.99. The number of ether oxygens (including phenoxy) is 1. The molecule has 3 fully saturated rings. The van der Waals surface area contributed by atoms with Crippen molar-refractivity contribution in [2.24, 2.45) is 5.92 Å². The maximum Gasteiger partial charge on any atom is 0.191 e. The van der Waals surface area contributed by atoms with Crippen molar-refractivity contribution in [1.82, 2.24) is 19.7 Å². The normalized spacial score (nSPS) is 23.3. The average Bonchev–Trinajstić information content (AvgIpc) is 3.51. The number of hydrogen-bond acceptors (Lipinski definition) is 6. The predicted molar refractivity (Wildman–Crippen MR) is 132 cm³/mol. The van der Waals surface area contributed by atoms with Gasteiger partial charge < -0.3 is 14.4 Å². The lowest BCUT2D eigenvalue weighted by Crippen LogP contribution is -2.33. The Morgan fingerprint density at radius 2 is 1.79 bits per heavy atom. The van der Waals surface area contributed by atoms with Crippen molar-refractivity contribution in [3.8, 4) is 5.75 Å². The Morgan fingerprint density at radius 3 is 2.55 bits per heavy atom. The van der Waals surface area contributed by atoms with E-state index in [4.69, 9.17) is 9.84 Å². The zero-order chi connectivity index (χ0) is 22.5. The van der Waals surface area contributed by atoms with E-state index >= 15 is 0 Å². The highest BCUT2D eigenvalue weighted by atomic mass is 32.2. The maximum absolute atomic E-state index is 10.1. The minimum Gasteiger partial charge on any atom is -0.508 e. The molecule has 3 heterocycles. The Morgan fingerprint density at radius 1 is 0.970 bits per heavy atom. The standard InChI is InChI=1S/C26H38N4O2S/c31-24-11-5-4-9-22(24)17-29-14-12-21(13-15-29)25-27-28-26(30(25)18-23-10-6-16-32-23)33-19-20-7-2-1-3-8-20/h4-5,9,11,20-21,23,31H,1-3,6-8,10,12-19H2/t23-/m1/s1. The molecule has 0 unspecified atom stereocenters. The SMILES string of the molecule is Oc1ccccc1CN1CCC(c2nnc(SCC3CCCCC3)n2C[C@H]2CCCO2)CC1. The van der Waals surface area contributed by atoms with E-state index in [9.17, 15) is 5.11 Å². The van der Waals surface area contributed by atoms with Gasteiger partial charge in [0.25, 0.3) is 0 Å². The van der Waals surface area contributed by atoms with Gasteiger partial charge in [-0.1, -0.05) is 49.2 Å². The van der Waals surface area contributed by atoms with Gasteiger partial charge in [-0.2, -0.15) is 0 Å². The van der Waals surface area contributed by atoms with Crippen LogP contribution in [0.2, 0.25) is 0 Å². The number of para-hydroxylation sites is 1. The summed E-state index contributed by atoms with van der Waals surface area (Å²) in [6.45, 7) is 4.64. The van der Waals surface area contributed by atoms with Crippen molar-refractivity contribution >= 4 is 11.8 Å². The highest BCUT2D eigenvalue weighted by Crippen LogP contribution is 2.34. The molecule has 1 aromatic heterocycles. The minimum absolute atomic E-state index is 0.301. The molecule has 2 saturated heterocycles. The largest absolute Gasteiger partial charge is 0.508 e. The Labute approximate surface area is 202 Å². The van der Waals surface area contributed by atoms with E-state index in [1.807, 2.05) is 30.0 Å². The van der Waals surface area contributed by atoms with E-state index in [0.29, 0.717) is 17.8 Å². The van der Waals surface area contributed by atoms with Gasteiger partial charge in [0.1, 0.15) is 11.6 Å². The number of aromatic hydroxyl groups is 1. The summed E-state index contributed by atoms with van der Waals surface area (Å²) in [5.74, 6) is 4.01. The van der Waals surface area contributed by atoms with Crippen molar-refractivity contribution in [3.05, 3.63) is 35.7 Å². The van der Waals surface area contributed by atoms with Gasteiger partial charge in [-0.05, 0) is 63.6 Å². The first-order valence-corrected chi connectivity index (χ1v) is 13.9. The zero-order valence-electron chi connectivity index (χ0n) is 19.7. The van der Waals surface area contributed by atoms with Gasteiger partial charge in [-0.25, -0.2) is 0 Å². The van der Waals surface area contributed by atoms with Crippen LogP contribution < -0.4 is 0 Å². The third kappa shape index (κ3) is 5.92. The first kappa shape index (κ1) is 23.2. The molecule has 0 amide bonds. The first-order valence-electron chi connectivity index (χ1n) is 12.9. The summed E-state index contributed by atoms with van der Waals surface area (Å²) in [6, 6.07) is 7.69. The van der Waals surface area contributed by atoms with Crippen molar-refractivity contribution in [2.45, 2.75) is 88.1 Å². The van der Waals surface area contributed by atoms with E-state index in [-0.39, 0.29) is 0 Å². The first-order chi connectivity index (χ1) is 16.3. The quantitative estimate of drug-likeness (QED) is 0.534.